The van der Waals surface area contributed by atoms with Gasteiger partial charge in [0.05, 0.1) is 0 Å². The molecule has 2 aliphatic rings. The lowest BCUT2D eigenvalue weighted by molar-refractivity contribution is -0.129. The zero-order valence-corrected chi connectivity index (χ0v) is 15.8. The van der Waals surface area contributed by atoms with Crippen LogP contribution in [-0.4, -0.2) is 53.9 Å². The molecule has 6 heteroatoms. The van der Waals surface area contributed by atoms with E-state index in [-0.39, 0.29) is 17.9 Å². The molecular weight excluding hydrogens is 340 g/mol. The first-order valence-electron chi connectivity index (χ1n) is 9.42. The van der Waals surface area contributed by atoms with Crippen LogP contribution in [0.4, 0.5) is 11.4 Å². The van der Waals surface area contributed by atoms with Crippen molar-refractivity contribution in [2.75, 3.05) is 36.0 Å². The van der Waals surface area contributed by atoms with Crippen LogP contribution in [0.5, 0.6) is 0 Å². The Hall–Kier alpha value is -2.89. The van der Waals surface area contributed by atoms with Crippen molar-refractivity contribution in [2.45, 2.75) is 26.3 Å². The lowest BCUT2D eigenvalue weighted by atomic mass is 10.1. The van der Waals surface area contributed by atoms with Crippen molar-refractivity contribution >= 4 is 23.2 Å². The number of para-hydroxylation sites is 1. The molecule has 4 rings (SSSR count). The number of amides is 2. The number of carbonyl (C=O) groups is 2. The highest BCUT2D eigenvalue weighted by Gasteiger charge is 2.32. The van der Waals surface area contributed by atoms with Crippen LogP contribution < -0.4 is 9.80 Å². The van der Waals surface area contributed by atoms with Gasteiger partial charge in [0.25, 0.3) is 5.91 Å². The third-order valence-corrected chi connectivity index (χ3v) is 5.48. The molecule has 2 amide bonds. The van der Waals surface area contributed by atoms with Gasteiger partial charge in [-0.3, -0.25) is 14.6 Å². The zero-order chi connectivity index (χ0) is 19.0. The topological polar surface area (TPSA) is 56.8 Å². The SMILES string of the molecule is CC(=O)N1CCN(c2ccnc(C(=O)N3c4ccccc4CC3C)c2)CC1. The Morgan fingerprint density at radius 1 is 1.07 bits per heavy atom. The number of fused-ring (bicyclic) bond motifs is 1. The maximum atomic E-state index is 13.2. The average Bonchev–Trinajstić information content (AvgIpc) is 3.03. The van der Waals surface area contributed by atoms with Crippen LogP contribution in [0.15, 0.2) is 42.6 Å². The second-order valence-electron chi connectivity index (χ2n) is 7.25. The molecule has 27 heavy (non-hydrogen) atoms. The van der Waals surface area contributed by atoms with E-state index in [1.165, 1.54) is 5.56 Å². The van der Waals surface area contributed by atoms with Gasteiger partial charge in [-0.2, -0.15) is 0 Å². The number of pyridine rings is 1. The van der Waals surface area contributed by atoms with Gasteiger partial charge in [-0.15, -0.1) is 0 Å². The van der Waals surface area contributed by atoms with E-state index in [0.29, 0.717) is 18.8 Å². The Labute approximate surface area is 159 Å². The van der Waals surface area contributed by atoms with Gasteiger partial charge in [0, 0.05) is 56.7 Å². The highest BCUT2D eigenvalue weighted by Crippen LogP contribution is 2.33. The van der Waals surface area contributed by atoms with Crippen molar-refractivity contribution in [3.05, 3.63) is 53.9 Å². The van der Waals surface area contributed by atoms with Crippen LogP contribution >= 0.6 is 0 Å². The molecule has 0 saturated carbocycles. The molecule has 140 valence electrons. The molecule has 1 unspecified atom stereocenters. The number of piperazine rings is 1. The predicted molar refractivity (Wildman–Crippen MR) is 105 cm³/mol. The maximum Gasteiger partial charge on any atom is 0.277 e. The van der Waals surface area contributed by atoms with E-state index in [1.807, 2.05) is 40.1 Å². The highest BCUT2D eigenvalue weighted by molar-refractivity contribution is 6.07. The predicted octanol–water partition coefficient (Wildman–Crippen LogP) is 2.34. The number of benzene rings is 1. The third-order valence-electron chi connectivity index (χ3n) is 5.48. The standard InChI is InChI=1S/C21H24N4O2/c1-15-13-17-5-3-4-6-20(17)25(15)21(27)19-14-18(7-8-22-19)24-11-9-23(10-12-24)16(2)26/h3-8,14-15H,9-13H2,1-2H3. The number of hydrogen-bond acceptors (Lipinski definition) is 4. The lowest BCUT2D eigenvalue weighted by Gasteiger charge is -2.35. The van der Waals surface area contributed by atoms with Gasteiger partial charge in [-0.25, -0.2) is 0 Å². The fourth-order valence-electron chi connectivity index (χ4n) is 4.01. The van der Waals surface area contributed by atoms with E-state index in [4.69, 9.17) is 0 Å². The van der Waals surface area contributed by atoms with E-state index in [2.05, 4.69) is 22.9 Å². The minimum Gasteiger partial charge on any atom is -0.368 e. The van der Waals surface area contributed by atoms with Crippen LogP contribution in [-0.2, 0) is 11.2 Å². The molecule has 0 spiro atoms. The summed E-state index contributed by atoms with van der Waals surface area (Å²) in [5.74, 6) is 0.0543. The summed E-state index contributed by atoms with van der Waals surface area (Å²) in [4.78, 5) is 35.0. The molecule has 3 heterocycles. The van der Waals surface area contributed by atoms with E-state index in [1.54, 1.807) is 13.1 Å². The summed E-state index contributed by atoms with van der Waals surface area (Å²) in [5.41, 5.74) is 3.63. The summed E-state index contributed by atoms with van der Waals surface area (Å²) >= 11 is 0. The number of hydrogen-bond donors (Lipinski definition) is 0. The summed E-state index contributed by atoms with van der Waals surface area (Å²) in [7, 11) is 0. The molecule has 1 fully saturated rings. The fraction of sp³-hybridized carbons (Fsp3) is 0.381. The second kappa shape index (κ2) is 7.02. The Morgan fingerprint density at radius 2 is 1.81 bits per heavy atom. The molecule has 1 atom stereocenters. The van der Waals surface area contributed by atoms with Gasteiger partial charge in [0.15, 0.2) is 0 Å². The number of rotatable bonds is 2. The minimum atomic E-state index is -0.0586. The summed E-state index contributed by atoms with van der Waals surface area (Å²) in [6.45, 7) is 6.62. The largest absolute Gasteiger partial charge is 0.368 e. The van der Waals surface area contributed by atoms with Gasteiger partial charge in [-0.05, 0) is 37.1 Å². The monoisotopic (exact) mass is 364 g/mol. The van der Waals surface area contributed by atoms with Crippen molar-refractivity contribution in [1.29, 1.82) is 0 Å². The van der Waals surface area contributed by atoms with Gasteiger partial charge >= 0.3 is 0 Å². The second-order valence-corrected chi connectivity index (χ2v) is 7.25. The molecule has 0 radical (unpaired) electrons. The van der Waals surface area contributed by atoms with Gasteiger partial charge in [-0.1, -0.05) is 18.2 Å². The third kappa shape index (κ3) is 3.27. The number of carbonyl (C=O) groups excluding carboxylic acids is 2. The lowest BCUT2D eigenvalue weighted by Crippen LogP contribution is -2.48. The first-order chi connectivity index (χ1) is 13.0. The molecule has 0 N–H and O–H groups in total. The first kappa shape index (κ1) is 17.5. The summed E-state index contributed by atoms with van der Waals surface area (Å²) < 4.78 is 0. The minimum absolute atomic E-state index is 0.0586. The van der Waals surface area contributed by atoms with Crippen LogP contribution in [0, 0.1) is 0 Å². The summed E-state index contributed by atoms with van der Waals surface area (Å²) in [6.07, 6.45) is 2.57. The van der Waals surface area contributed by atoms with Crippen molar-refractivity contribution in [1.82, 2.24) is 9.88 Å². The normalized spacial score (nSPS) is 19.2. The van der Waals surface area contributed by atoms with Crippen molar-refractivity contribution in [3.63, 3.8) is 0 Å². The van der Waals surface area contributed by atoms with E-state index in [9.17, 15) is 9.59 Å². The Bertz CT molecular complexity index is 874. The average molecular weight is 364 g/mol. The molecule has 2 aromatic rings. The molecule has 2 aliphatic heterocycles. The molecule has 1 aromatic carbocycles. The fourth-order valence-corrected chi connectivity index (χ4v) is 4.01. The van der Waals surface area contributed by atoms with Crippen molar-refractivity contribution in [3.8, 4) is 0 Å². The van der Waals surface area contributed by atoms with Crippen LogP contribution in [0.3, 0.4) is 0 Å². The molecular formula is C21H24N4O2. The summed E-state index contributed by atoms with van der Waals surface area (Å²) in [5, 5.41) is 0. The Morgan fingerprint density at radius 3 is 2.56 bits per heavy atom. The first-order valence-corrected chi connectivity index (χ1v) is 9.42. The zero-order valence-electron chi connectivity index (χ0n) is 15.8. The van der Waals surface area contributed by atoms with Crippen molar-refractivity contribution < 1.29 is 9.59 Å². The van der Waals surface area contributed by atoms with Crippen LogP contribution in [0.1, 0.15) is 29.9 Å². The molecule has 6 nitrogen and oxygen atoms in total. The number of aromatic nitrogens is 1. The highest BCUT2D eigenvalue weighted by atomic mass is 16.2. The Balaban J connectivity index is 1.55. The van der Waals surface area contributed by atoms with Gasteiger partial charge in [0.1, 0.15) is 5.69 Å². The van der Waals surface area contributed by atoms with E-state index < -0.39 is 0 Å². The van der Waals surface area contributed by atoms with Gasteiger partial charge in [0.2, 0.25) is 5.91 Å². The van der Waals surface area contributed by atoms with Crippen LogP contribution in [0.2, 0.25) is 0 Å². The van der Waals surface area contributed by atoms with E-state index >= 15 is 0 Å². The summed E-state index contributed by atoms with van der Waals surface area (Å²) in [6, 6.07) is 12.0. The smallest absolute Gasteiger partial charge is 0.277 e. The van der Waals surface area contributed by atoms with Gasteiger partial charge < -0.3 is 14.7 Å². The molecule has 1 saturated heterocycles. The Kier molecular flexibility index (Phi) is 4.56. The molecule has 0 aliphatic carbocycles. The molecule has 0 bridgehead atoms. The van der Waals surface area contributed by atoms with Crippen LogP contribution in [0.25, 0.3) is 0 Å². The quantitative estimate of drug-likeness (QED) is 0.821. The molecule has 1 aromatic heterocycles. The van der Waals surface area contributed by atoms with E-state index in [0.717, 1.165) is 30.9 Å². The number of nitrogens with zero attached hydrogens (tertiary/aromatic N) is 4. The maximum absolute atomic E-state index is 13.2. The van der Waals surface area contributed by atoms with Crippen molar-refractivity contribution in [2.24, 2.45) is 0 Å². The number of anilines is 2.